The van der Waals surface area contributed by atoms with Crippen molar-refractivity contribution in [1.82, 2.24) is 15.5 Å². The molecule has 1 aromatic carbocycles. The van der Waals surface area contributed by atoms with Crippen molar-refractivity contribution in [2.45, 2.75) is 24.2 Å². The fourth-order valence-corrected chi connectivity index (χ4v) is 3.79. The Hall–Kier alpha value is -2.00. The highest BCUT2D eigenvalue weighted by Gasteiger charge is 2.16. The van der Waals surface area contributed by atoms with Crippen molar-refractivity contribution >= 4 is 34.1 Å². The van der Waals surface area contributed by atoms with Gasteiger partial charge in [0.15, 0.2) is 4.34 Å². The Balaban J connectivity index is 1.93. The maximum atomic E-state index is 12.2. The van der Waals surface area contributed by atoms with Gasteiger partial charge in [-0.15, -0.1) is 10.2 Å². The summed E-state index contributed by atoms with van der Waals surface area (Å²) in [6.07, 6.45) is 0. The van der Waals surface area contributed by atoms with Crippen molar-refractivity contribution in [3.63, 3.8) is 0 Å². The molecule has 0 aliphatic heterocycles. The molecule has 1 heterocycles. The molecule has 2 N–H and O–H groups in total. The highest BCUT2D eigenvalue weighted by Crippen LogP contribution is 2.29. The minimum atomic E-state index is -0.204. The first-order chi connectivity index (χ1) is 12.1. The number of benzene rings is 1. The Morgan fingerprint density at radius 3 is 2.80 bits per heavy atom. The van der Waals surface area contributed by atoms with Crippen molar-refractivity contribution in [3.05, 3.63) is 23.8 Å². The monoisotopic (exact) mass is 382 g/mol. The van der Waals surface area contributed by atoms with Crippen molar-refractivity contribution in [3.8, 4) is 11.5 Å². The largest absolute Gasteiger partial charge is 0.497 e. The second-order valence-corrected chi connectivity index (χ2v) is 7.29. The zero-order chi connectivity index (χ0) is 18.2. The zero-order valence-electron chi connectivity index (χ0n) is 14.7. The van der Waals surface area contributed by atoms with Gasteiger partial charge < -0.3 is 20.1 Å². The predicted molar refractivity (Wildman–Crippen MR) is 101 cm³/mol. The topological polar surface area (TPSA) is 85.4 Å². The standard InChI is InChI=1S/C16H22N4O3S2/c1-5-17-15-19-20-16(25-15)24-9-14(21)18-10(2)12-8-11(22-3)6-7-13(12)23-4/h6-8,10H,5,9H2,1-4H3,(H,17,19)(H,18,21)/t10-/m1/s1. The van der Waals surface area contributed by atoms with Crippen LogP contribution in [-0.2, 0) is 4.79 Å². The Bertz CT molecular complexity index is 708. The molecule has 0 aliphatic rings. The van der Waals surface area contributed by atoms with Crippen LogP contribution in [0.5, 0.6) is 11.5 Å². The molecule has 7 nitrogen and oxygen atoms in total. The molecule has 2 rings (SSSR count). The lowest BCUT2D eigenvalue weighted by atomic mass is 10.1. The van der Waals surface area contributed by atoms with Crippen molar-refractivity contribution in [2.24, 2.45) is 0 Å². The molecule has 0 radical (unpaired) electrons. The number of methoxy groups -OCH3 is 2. The SMILES string of the molecule is CCNc1nnc(SCC(=O)N[C@H](C)c2cc(OC)ccc2OC)s1. The summed E-state index contributed by atoms with van der Waals surface area (Å²) in [5.74, 6) is 1.62. The van der Waals surface area contributed by atoms with Crippen molar-refractivity contribution < 1.29 is 14.3 Å². The minimum Gasteiger partial charge on any atom is -0.497 e. The number of amides is 1. The van der Waals surface area contributed by atoms with Gasteiger partial charge in [0, 0.05) is 12.1 Å². The predicted octanol–water partition coefficient (Wildman–Crippen LogP) is 2.96. The molecule has 0 spiro atoms. The molecule has 1 amide bonds. The van der Waals surface area contributed by atoms with Crippen LogP contribution >= 0.6 is 23.1 Å². The van der Waals surface area contributed by atoms with Gasteiger partial charge >= 0.3 is 0 Å². The number of thioether (sulfide) groups is 1. The van der Waals surface area contributed by atoms with Crippen molar-refractivity contribution in [2.75, 3.05) is 31.8 Å². The van der Waals surface area contributed by atoms with Gasteiger partial charge in [-0.3, -0.25) is 4.79 Å². The Labute approximate surface area is 155 Å². The lowest BCUT2D eigenvalue weighted by molar-refractivity contribution is -0.119. The van der Waals surface area contributed by atoms with Gasteiger partial charge in [-0.25, -0.2) is 0 Å². The second kappa shape index (κ2) is 9.47. The highest BCUT2D eigenvalue weighted by molar-refractivity contribution is 8.01. The van der Waals surface area contributed by atoms with Crippen LogP contribution < -0.4 is 20.1 Å². The van der Waals surface area contributed by atoms with Gasteiger partial charge in [0.2, 0.25) is 11.0 Å². The molecular formula is C16H22N4O3S2. The van der Waals surface area contributed by atoms with Crippen LogP contribution in [0.15, 0.2) is 22.5 Å². The van der Waals surface area contributed by atoms with Gasteiger partial charge in [-0.1, -0.05) is 23.1 Å². The number of nitrogens with one attached hydrogen (secondary N) is 2. The van der Waals surface area contributed by atoms with Crippen LogP contribution in [0.1, 0.15) is 25.5 Å². The summed E-state index contributed by atoms with van der Waals surface area (Å²) in [4.78, 5) is 12.2. The smallest absolute Gasteiger partial charge is 0.230 e. The number of aromatic nitrogens is 2. The van der Waals surface area contributed by atoms with Crippen LogP contribution in [0.25, 0.3) is 0 Å². The summed E-state index contributed by atoms with van der Waals surface area (Å²) in [5.41, 5.74) is 0.866. The van der Waals surface area contributed by atoms with Crippen LogP contribution in [0, 0.1) is 0 Å². The fourth-order valence-electron chi connectivity index (χ4n) is 2.16. The summed E-state index contributed by atoms with van der Waals surface area (Å²) in [6, 6.07) is 5.31. The van der Waals surface area contributed by atoms with E-state index in [4.69, 9.17) is 9.47 Å². The van der Waals surface area contributed by atoms with E-state index in [-0.39, 0.29) is 17.7 Å². The Morgan fingerprint density at radius 1 is 1.32 bits per heavy atom. The molecule has 1 aromatic heterocycles. The van der Waals surface area contributed by atoms with Gasteiger partial charge in [0.25, 0.3) is 0 Å². The number of carbonyl (C=O) groups is 1. The lowest BCUT2D eigenvalue weighted by Crippen LogP contribution is -2.28. The third-order valence-corrected chi connectivity index (χ3v) is 5.36. The maximum Gasteiger partial charge on any atom is 0.230 e. The maximum absolute atomic E-state index is 12.2. The van der Waals surface area contributed by atoms with E-state index in [1.165, 1.54) is 23.1 Å². The molecule has 0 aliphatic carbocycles. The molecule has 0 fully saturated rings. The normalized spacial score (nSPS) is 11.7. The van der Waals surface area contributed by atoms with Crippen LogP contribution in [0.3, 0.4) is 0 Å². The molecule has 0 saturated carbocycles. The highest BCUT2D eigenvalue weighted by atomic mass is 32.2. The van der Waals surface area contributed by atoms with E-state index in [1.807, 2.05) is 32.0 Å². The van der Waals surface area contributed by atoms with E-state index >= 15 is 0 Å². The molecule has 25 heavy (non-hydrogen) atoms. The number of nitrogens with zero attached hydrogens (tertiary/aromatic N) is 2. The van der Waals surface area contributed by atoms with E-state index in [0.717, 1.165) is 27.3 Å². The summed E-state index contributed by atoms with van der Waals surface area (Å²) in [6.45, 7) is 4.70. The Kier molecular flexibility index (Phi) is 7.32. The van der Waals surface area contributed by atoms with E-state index < -0.39 is 0 Å². The van der Waals surface area contributed by atoms with Crippen molar-refractivity contribution in [1.29, 1.82) is 0 Å². The first-order valence-electron chi connectivity index (χ1n) is 7.78. The number of rotatable bonds is 9. The molecule has 136 valence electrons. The van der Waals surface area contributed by atoms with Crippen LogP contribution in [0.2, 0.25) is 0 Å². The summed E-state index contributed by atoms with van der Waals surface area (Å²) in [7, 11) is 3.21. The molecule has 9 heteroatoms. The summed E-state index contributed by atoms with van der Waals surface area (Å²) in [5, 5.41) is 14.9. The molecule has 0 unspecified atom stereocenters. The first kappa shape index (κ1) is 19.3. The van der Waals surface area contributed by atoms with E-state index in [2.05, 4.69) is 20.8 Å². The second-order valence-electron chi connectivity index (χ2n) is 5.09. The van der Waals surface area contributed by atoms with E-state index in [1.54, 1.807) is 14.2 Å². The average molecular weight is 383 g/mol. The van der Waals surface area contributed by atoms with E-state index in [9.17, 15) is 4.79 Å². The number of carbonyl (C=O) groups excluding carboxylic acids is 1. The summed E-state index contributed by atoms with van der Waals surface area (Å²) < 4.78 is 11.4. The number of hydrogen-bond donors (Lipinski definition) is 2. The lowest BCUT2D eigenvalue weighted by Gasteiger charge is -2.18. The number of hydrogen-bond acceptors (Lipinski definition) is 8. The zero-order valence-corrected chi connectivity index (χ0v) is 16.3. The Morgan fingerprint density at radius 2 is 2.12 bits per heavy atom. The third kappa shape index (κ3) is 5.50. The molecule has 2 aromatic rings. The van der Waals surface area contributed by atoms with Crippen LogP contribution in [-0.4, -0.2) is 42.6 Å². The van der Waals surface area contributed by atoms with E-state index in [0.29, 0.717) is 5.75 Å². The fraction of sp³-hybridized carbons (Fsp3) is 0.438. The molecule has 0 saturated heterocycles. The quantitative estimate of drug-likeness (QED) is 0.645. The van der Waals surface area contributed by atoms with Gasteiger partial charge in [0.05, 0.1) is 26.0 Å². The first-order valence-corrected chi connectivity index (χ1v) is 9.59. The number of anilines is 1. The molecule has 0 bridgehead atoms. The van der Waals surface area contributed by atoms with Gasteiger partial charge in [-0.2, -0.15) is 0 Å². The number of ether oxygens (including phenoxy) is 2. The summed E-state index contributed by atoms with van der Waals surface area (Å²) >= 11 is 2.81. The molecular weight excluding hydrogens is 360 g/mol. The van der Waals surface area contributed by atoms with Gasteiger partial charge in [0.1, 0.15) is 11.5 Å². The third-order valence-electron chi connectivity index (χ3n) is 3.34. The average Bonchev–Trinajstić information content (AvgIpc) is 3.07. The van der Waals surface area contributed by atoms with Gasteiger partial charge in [-0.05, 0) is 32.0 Å². The molecule has 1 atom stereocenters. The minimum absolute atomic E-state index is 0.0810. The van der Waals surface area contributed by atoms with Crippen LogP contribution in [0.4, 0.5) is 5.13 Å².